The van der Waals surface area contributed by atoms with Crippen LogP contribution in [0.15, 0.2) is 0 Å². The summed E-state index contributed by atoms with van der Waals surface area (Å²) in [5.41, 5.74) is 0. The van der Waals surface area contributed by atoms with Crippen LogP contribution in [0.4, 0.5) is 0 Å². The molecule has 0 atom stereocenters. The zero-order valence-corrected chi connectivity index (χ0v) is 10.0. The molecule has 0 bridgehead atoms. The van der Waals surface area contributed by atoms with Crippen LogP contribution in [0, 0.1) is 0 Å². The third-order valence-corrected chi connectivity index (χ3v) is 2.35. The topological polar surface area (TPSA) is 24.5 Å². The summed E-state index contributed by atoms with van der Waals surface area (Å²) in [4.78, 5) is 2.43. The number of hydrogen-bond donors (Lipinski definition) is 1. The molecule has 0 saturated heterocycles. The lowest BCUT2D eigenvalue weighted by molar-refractivity contribution is 0.144. The second-order valence-corrected chi connectivity index (χ2v) is 3.33. The van der Waals surface area contributed by atoms with Gasteiger partial charge in [0.25, 0.3) is 0 Å². The number of likely N-dealkylation sites (N-methyl/N-ethyl adjacent to an activating group) is 1. The van der Waals surface area contributed by atoms with Crippen LogP contribution in [0.2, 0.25) is 0 Å². The first-order valence-corrected chi connectivity index (χ1v) is 5.85. The molecule has 0 rings (SSSR count). The van der Waals surface area contributed by atoms with E-state index in [1.165, 1.54) is 0 Å². The summed E-state index contributed by atoms with van der Waals surface area (Å²) >= 11 is 0. The number of ether oxygens (including phenoxy) is 1. The van der Waals surface area contributed by atoms with Crippen molar-refractivity contribution in [3.05, 3.63) is 0 Å². The first-order valence-electron chi connectivity index (χ1n) is 5.85. The molecule has 0 saturated carbocycles. The maximum atomic E-state index is 5.25. The van der Waals surface area contributed by atoms with Gasteiger partial charge in [-0.3, -0.25) is 0 Å². The normalized spacial score (nSPS) is 11.1. The van der Waals surface area contributed by atoms with Crippen LogP contribution >= 0.6 is 0 Å². The lowest BCUT2D eigenvalue weighted by atomic mass is 10.4. The minimum atomic E-state index is 0.833. The number of rotatable bonds is 10. The Hall–Kier alpha value is -0.120. The average Bonchev–Trinajstić information content (AvgIpc) is 2.22. The van der Waals surface area contributed by atoms with E-state index >= 15 is 0 Å². The summed E-state index contributed by atoms with van der Waals surface area (Å²) in [5.74, 6) is 0. The molecule has 0 aromatic carbocycles. The average molecular weight is 202 g/mol. The Morgan fingerprint density at radius 3 is 2.36 bits per heavy atom. The third-order valence-electron chi connectivity index (χ3n) is 2.35. The lowest BCUT2D eigenvalue weighted by Crippen LogP contribution is -2.32. The summed E-state index contributed by atoms with van der Waals surface area (Å²) in [7, 11) is 0. The molecule has 0 heterocycles. The van der Waals surface area contributed by atoms with Gasteiger partial charge in [-0.25, -0.2) is 0 Å². The van der Waals surface area contributed by atoms with Crippen LogP contribution in [-0.4, -0.2) is 50.8 Å². The molecular formula is C11H26N2O. The van der Waals surface area contributed by atoms with Crippen LogP contribution in [0.25, 0.3) is 0 Å². The van der Waals surface area contributed by atoms with Crippen molar-refractivity contribution in [3.63, 3.8) is 0 Å². The monoisotopic (exact) mass is 202 g/mol. The highest BCUT2D eigenvalue weighted by atomic mass is 16.5. The smallest absolute Gasteiger partial charge is 0.0477 e. The molecule has 0 aromatic heterocycles. The maximum Gasteiger partial charge on any atom is 0.0477 e. The van der Waals surface area contributed by atoms with Crippen molar-refractivity contribution >= 4 is 0 Å². The Balaban J connectivity index is 3.04. The predicted molar refractivity (Wildman–Crippen MR) is 61.8 cm³/mol. The molecule has 1 N–H and O–H groups in total. The summed E-state index contributed by atoms with van der Waals surface area (Å²) in [5, 5.41) is 3.42. The van der Waals surface area contributed by atoms with E-state index in [0.29, 0.717) is 0 Å². The summed E-state index contributed by atoms with van der Waals surface area (Å²) in [6.45, 7) is 13.8. The molecule has 0 fully saturated rings. The van der Waals surface area contributed by atoms with Crippen LogP contribution in [-0.2, 0) is 4.74 Å². The van der Waals surface area contributed by atoms with E-state index in [-0.39, 0.29) is 0 Å². The molecule has 0 unspecified atom stereocenters. The van der Waals surface area contributed by atoms with Crippen molar-refractivity contribution < 1.29 is 4.74 Å². The second kappa shape index (κ2) is 11.0. The van der Waals surface area contributed by atoms with Crippen molar-refractivity contribution in [2.24, 2.45) is 0 Å². The Kier molecular flexibility index (Phi) is 10.9. The maximum absolute atomic E-state index is 5.25. The van der Waals surface area contributed by atoms with E-state index in [1.807, 2.05) is 6.92 Å². The fourth-order valence-electron chi connectivity index (χ4n) is 1.35. The number of nitrogens with zero attached hydrogens (tertiary/aromatic N) is 1. The molecular weight excluding hydrogens is 176 g/mol. The van der Waals surface area contributed by atoms with Gasteiger partial charge in [-0.05, 0) is 33.0 Å². The van der Waals surface area contributed by atoms with Gasteiger partial charge in [-0.2, -0.15) is 0 Å². The van der Waals surface area contributed by atoms with Crippen molar-refractivity contribution in [1.82, 2.24) is 10.2 Å². The third kappa shape index (κ3) is 8.48. The van der Waals surface area contributed by atoms with Gasteiger partial charge in [-0.15, -0.1) is 0 Å². The first kappa shape index (κ1) is 13.9. The molecule has 0 aliphatic carbocycles. The molecule has 86 valence electrons. The van der Waals surface area contributed by atoms with E-state index in [0.717, 1.165) is 52.4 Å². The highest BCUT2D eigenvalue weighted by Crippen LogP contribution is 1.85. The first-order chi connectivity index (χ1) is 6.85. The fourth-order valence-corrected chi connectivity index (χ4v) is 1.35. The predicted octanol–water partition coefficient (Wildman–Crippen LogP) is 1.34. The van der Waals surface area contributed by atoms with Crippen molar-refractivity contribution in [2.45, 2.75) is 27.2 Å². The van der Waals surface area contributed by atoms with Gasteiger partial charge < -0.3 is 15.0 Å². The van der Waals surface area contributed by atoms with Gasteiger partial charge in [0.05, 0.1) is 0 Å². The highest BCUT2D eigenvalue weighted by molar-refractivity contribution is 4.55. The fraction of sp³-hybridized carbons (Fsp3) is 1.00. The molecule has 14 heavy (non-hydrogen) atoms. The minimum absolute atomic E-state index is 0.833. The van der Waals surface area contributed by atoms with Gasteiger partial charge in [0, 0.05) is 26.3 Å². The Bertz CT molecular complexity index is 105. The van der Waals surface area contributed by atoms with Crippen LogP contribution in [0.5, 0.6) is 0 Å². The molecule has 3 heteroatoms. The van der Waals surface area contributed by atoms with Gasteiger partial charge in [-0.1, -0.05) is 13.8 Å². The molecule has 0 aromatic rings. The molecule has 0 spiro atoms. The van der Waals surface area contributed by atoms with Crippen LogP contribution in [0.3, 0.4) is 0 Å². The lowest BCUT2D eigenvalue weighted by Gasteiger charge is -2.17. The molecule has 0 aliphatic rings. The van der Waals surface area contributed by atoms with Crippen molar-refractivity contribution in [2.75, 3.05) is 45.9 Å². The van der Waals surface area contributed by atoms with Crippen LogP contribution in [0.1, 0.15) is 27.2 Å². The highest BCUT2D eigenvalue weighted by Gasteiger charge is 1.96. The van der Waals surface area contributed by atoms with E-state index in [4.69, 9.17) is 4.74 Å². The number of hydrogen-bond acceptors (Lipinski definition) is 3. The van der Waals surface area contributed by atoms with Crippen molar-refractivity contribution in [1.29, 1.82) is 0 Å². The van der Waals surface area contributed by atoms with Crippen LogP contribution < -0.4 is 5.32 Å². The van der Waals surface area contributed by atoms with Gasteiger partial charge >= 0.3 is 0 Å². The number of nitrogens with one attached hydrogen (secondary N) is 1. The SMILES string of the molecule is CCOCCCNCCN(CC)CC. The Labute approximate surface area is 88.8 Å². The summed E-state index contributed by atoms with van der Waals surface area (Å²) in [6.07, 6.45) is 1.12. The molecule has 0 radical (unpaired) electrons. The van der Waals surface area contributed by atoms with E-state index in [1.54, 1.807) is 0 Å². The van der Waals surface area contributed by atoms with E-state index < -0.39 is 0 Å². The zero-order valence-electron chi connectivity index (χ0n) is 10.0. The second-order valence-electron chi connectivity index (χ2n) is 3.33. The Morgan fingerprint density at radius 2 is 1.79 bits per heavy atom. The minimum Gasteiger partial charge on any atom is -0.382 e. The van der Waals surface area contributed by atoms with Gasteiger partial charge in [0.1, 0.15) is 0 Å². The van der Waals surface area contributed by atoms with E-state index in [2.05, 4.69) is 24.1 Å². The van der Waals surface area contributed by atoms with Gasteiger partial charge in [0.15, 0.2) is 0 Å². The molecule has 0 amide bonds. The zero-order chi connectivity index (χ0) is 10.6. The summed E-state index contributed by atoms with van der Waals surface area (Å²) < 4.78 is 5.25. The molecule has 3 nitrogen and oxygen atoms in total. The standard InChI is InChI=1S/C11H26N2O/c1-4-13(5-2)10-9-12-8-7-11-14-6-3/h12H,4-11H2,1-3H3. The molecule has 0 aliphatic heterocycles. The summed E-state index contributed by atoms with van der Waals surface area (Å²) in [6, 6.07) is 0. The van der Waals surface area contributed by atoms with E-state index in [9.17, 15) is 0 Å². The van der Waals surface area contributed by atoms with Crippen molar-refractivity contribution in [3.8, 4) is 0 Å². The van der Waals surface area contributed by atoms with Gasteiger partial charge in [0.2, 0.25) is 0 Å². The largest absolute Gasteiger partial charge is 0.382 e. The Morgan fingerprint density at radius 1 is 1.07 bits per heavy atom. The quantitative estimate of drug-likeness (QED) is 0.541.